The van der Waals surface area contributed by atoms with Crippen molar-refractivity contribution in [2.45, 2.75) is 50.5 Å². The Bertz CT molecular complexity index is 2680. The van der Waals surface area contributed by atoms with Crippen LogP contribution in [0.1, 0.15) is 55.5 Å². The fourth-order valence-corrected chi connectivity index (χ4v) is 10.1. The maximum atomic E-state index is 14.0. The molecule has 4 heterocycles. The van der Waals surface area contributed by atoms with Crippen molar-refractivity contribution in [2.24, 2.45) is 5.41 Å². The van der Waals surface area contributed by atoms with Gasteiger partial charge in [0, 0.05) is 99.9 Å². The molecule has 8 rings (SSSR count). The van der Waals surface area contributed by atoms with E-state index in [0.29, 0.717) is 44.3 Å². The van der Waals surface area contributed by atoms with Gasteiger partial charge >= 0.3 is 0 Å². The maximum absolute atomic E-state index is 14.0. The topological polar surface area (TPSA) is 184 Å². The molecule has 18 heteroatoms. The van der Waals surface area contributed by atoms with E-state index in [1.807, 2.05) is 18.2 Å². The van der Waals surface area contributed by atoms with Crippen LogP contribution >= 0.6 is 11.6 Å². The number of hydrogen-bond donors (Lipinski definition) is 3. The summed E-state index contributed by atoms with van der Waals surface area (Å²) in [5.74, 6) is -0.486. The Morgan fingerprint density at radius 2 is 1.79 bits per heavy atom. The molecule has 0 saturated carbocycles. The van der Waals surface area contributed by atoms with Crippen LogP contribution in [0.3, 0.4) is 0 Å². The first-order valence-corrected chi connectivity index (χ1v) is 24.2. The number of nitro groups is 1. The number of aromatic amines is 1. The number of anilines is 2. The predicted octanol–water partition coefficient (Wildman–Crippen LogP) is 7.97. The molecule has 2 saturated heterocycles. The highest BCUT2D eigenvalue weighted by atomic mass is 35.5. The number of nitro benzene ring substituents is 1. The summed E-state index contributed by atoms with van der Waals surface area (Å²) in [5, 5.41) is 17.0. The van der Waals surface area contributed by atoms with E-state index in [-0.39, 0.29) is 28.5 Å². The fraction of sp³-hybridized carbons (Fsp3) is 0.417. The van der Waals surface area contributed by atoms with Crippen molar-refractivity contribution in [3.63, 3.8) is 0 Å². The third kappa shape index (κ3) is 11.5. The Labute approximate surface area is 390 Å². The number of methoxy groups -OCH3 is 1. The second-order valence-electron chi connectivity index (χ2n) is 18.0. The average molecular weight is 942 g/mol. The number of fused-ring (bicyclic) bond motifs is 1. The molecule has 2 fully saturated rings. The van der Waals surface area contributed by atoms with Crippen LogP contribution in [0.25, 0.3) is 16.6 Å². The number of hydrogen-bond acceptors (Lipinski definition) is 13. The lowest BCUT2D eigenvalue weighted by molar-refractivity contribution is -0.384. The van der Waals surface area contributed by atoms with Crippen molar-refractivity contribution in [3.05, 3.63) is 117 Å². The highest BCUT2D eigenvalue weighted by Gasteiger charge is 2.31. The van der Waals surface area contributed by atoms with Gasteiger partial charge in [-0.15, -0.1) is 0 Å². The molecule has 0 unspecified atom stereocenters. The third-order valence-corrected chi connectivity index (χ3v) is 14.2. The Balaban J connectivity index is 0.970. The van der Waals surface area contributed by atoms with E-state index in [4.69, 9.17) is 25.8 Å². The van der Waals surface area contributed by atoms with Crippen LogP contribution in [0.5, 0.6) is 11.5 Å². The third-order valence-electron chi connectivity index (χ3n) is 12.7. The second kappa shape index (κ2) is 20.5. The molecule has 0 bridgehead atoms. The first-order chi connectivity index (χ1) is 31.7. The number of halogens is 1. The molecule has 66 heavy (non-hydrogen) atoms. The lowest BCUT2D eigenvalue weighted by atomic mass is 9.72. The van der Waals surface area contributed by atoms with Crippen molar-refractivity contribution in [3.8, 4) is 11.5 Å². The van der Waals surface area contributed by atoms with Crippen LogP contribution < -0.4 is 19.7 Å². The van der Waals surface area contributed by atoms with Crippen LogP contribution in [0, 0.1) is 15.5 Å². The number of sulfonamides is 1. The van der Waals surface area contributed by atoms with Crippen molar-refractivity contribution in [2.75, 3.05) is 89.5 Å². The van der Waals surface area contributed by atoms with E-state index >= 15 is 0 Å². The molecule has 3 N–H and O–H groups in total. The molecule has 350 valence electrons. The van der Waals surface area contributed by atoms with Gasteiger partial charge in [0.2, 0.25) is 0 Å². The number of piperazine rings is 1. The van der Waals surface area contributed by atoms with Crippen molar-refractivity contribution < 1.29 is 32.3 Å². The Kier molecular flexibility index (Phi) is 14.6. The summed E-state index contributed by atoms with van der Waals surface area (Å²) in [7, 11) is -2.97. The molecule has 5 aromatic rings. The number of likely N-dealkylation sites (tertiary alicyclic amines) is 1. The van der Waals surface area contributed by atoms with E-state index in [1.54, 1.807) is 37.6 Å². The lowest BCUT2D eigenvalue weighted by Crippen LogP contribution is -2.47. The van der Waals surface area contributed by atoms with Crippen LogP contribution in [0.4, 0.5) is 17.1 Å². The Hall–Kier alpha value is -5.56. The quantitative estimate of drug-likeness (QED) is 0.0437. The number of nitrogens with one attached hydrogen (secondary N) is 3. The summed E-state index contributed by atoms with van der Waals surface area (Å²) in [4.78, 5) is 39.6. The number of allylic oxidation sites excluding steroid dienone is 1. The van der Waals surface area contributed by atoms with Gasteiger partial charge in [-0.05, 0) is 90.8 Å². The monoisotopic (exact) mass is 940 g/mol. The van der Waals surface area contributed by atoms with Crippen LogP contribution in [0.15, 0.2) is 95.7 Å². The summed E-state index contributed by atoms with van der Waals surface area (Å²) in [6.45, 7) is 12.3. The Morgan fingerprint density at radius 3 is 2.56 bits per heavy atom. The first kappa shape index (κ1) is 47.0. The van der Waals surface area contributed by atoms with Crippen molar-refractivity contribution >= 4 is 61.2 Å². The Morgan fingerprint density at radius 1 is 0.985 bits per heavy atom. The van der Waals surface area contributed by atoms with E-state index in [9.17, 15) is 23.3 Å². The molecule has 0 spiro atoms. The van der Waals surface area contributed by atoms with Crippen molar-refractivity contribution in [1.82, 2.24) is 24.5 Å². The summed E-state index contributed by atoms with van der Waals surface area (Å²) < 4.78 is 46.7. The minimum Gasteiger partial charge on any atom is -0.455 e. The van der Waals surface area contributed by atoms with Gasteiger partial charge in [-0.25, -0.2) is 18.1 Å². The normalized spacial score (nSPS) is 18.2. The number of rotatable bonds is 18. The molecule has 1 aliphatic carbocycles. The number of ether oxygens (including phenoxy) is 3. The summed E-state index contributed by atoms with van der Waals surface area (Å²) in [6.07, 6.45) is 7.21. The maximum Gasteiger partial charge on any atom is 0.293 e. The van der Waals surface area contributed by atoms with Crippen LogP contribution in [-0.4, -0.2) is 124 Å². The van der Waals surface area contributed by atoms with Crippen LogP contribution in [0.2, 0.25) is 5.02 Å². The number of aromatic nitrogens is 2. The van der Waals surface area contributed by atoms with E-state index < -0.39 is 31.4 Å². The van der Waals surface area contributed by atoms with Gasteiger partial charge in [0.05, 0.1) is 41.4 Å². The molecule has 2 aromatic heterocycles. The molecule has 0 radical (unpaired) electrons. The first-order valence-electron chi connectivity index (χ1n) is 22.3. The number of pyridine rings is 1. The van der Waals surface area contributed by atoms with Gasteiger partial charge in [0.25, 0.3) is 21.6 Å². The molecule has 3 aliphatic rings. The number of nitrogens with zero attached hydrogens (tertiary/aromatic N) is 5. The summed E-state index contributed by atoms with van der Waals surface area (Å²) >= 11 is 6.25. The average Bonchev–Trinajstić information content (AvgIpc) is 3.96. The van der Waals surface area contributed by atoms with Crippen LogP contribution in [-0.2, 0) is 19.5 Å². The van der Waals surface area contributed by atoms with Gasteiger partial charge in [-0.3, -0.25) is 24.7 Å². The van der Waals surface area contributed by atoms with Gasteiger partial charge in [0.1, 0.15) is 22.8 Å². The highest BCUT2D eigenvalue weighted by molar-refractivity contribution is 7.90. The number of carbonyl (C=O) groups excluding carboxylic acids is 1. The standard InChI is InChI=1S/C48H57ClN8O8S/c1-48(2)15-12-35(42(29-48)33-4-6-36(49)7-5-33)31-55-18-20-56(21-19-55)38-8-10-41(45(27-38)65-39-26-34-13-16-50-46(34)51-30-39)47(58)53-66(61,62)40-9-11-43(44(28-40)57(59)60)52-37-14-17-54(32-37)22-23-64-25-24-63-3/h4-11,13,16,26-28,30,37,52H,12,14-15,17-25,29,31-32H2,1-3H3,(H,50,51)(H,53,58)/t37-/m1/s1. The smallest absolute Gasteiger partial charge is 0.293 e. The van der Waals surface area contributed by atoms with Gasteiger partial charge in [-0.1, -0.05) is 43.2 Å². The summed E-state index contributed by atoms with van der Waals surface area (Å²) in [5.41, 5.74) is 5.51. The number of benzene rings is 3. The zero-order chi connectivity index (χ0) is 46.4. The van der Waals surface area contributed by atoms with Gasteiger partial charge in [-0.2, -0.15) is 0 Å². The SMILES string of the molecule is COCCOCCN1CC[C@@H](Nc2ccc(S(=O)(=O)NC(=O)c3ccc(N4CCN(CC5=C(c6ccc(Cl)cc6)CC(C)(C)CC5)CC4)cc3Oc3cnc4[nH]ccc4c3)cc2[N+](=O)[O-])C1. The zero-order valence-corrected chi connectivity index (χ0v) is 39.1. The van der Waals surface area contributed by atoms with E-state index in [2.05, 4.69) is 60.7 Å². The second-order valence-corrected chi connectivity index (χ2v) is 20.1. The largest absolute Gasteiger partial charge is 0.455 e. The van der Waals surface area contributed by atoms with Crippen molar-refractivity contribution in [1.29, 1.82) is 0 Å². The van der Waals surface area contributed by atoms with E-state index in [0.717, 1.165) is 87.1 Å². The molecule has 1 atom stereocenters. The molecular formula is C48H57ClN8O8S. The minimum absolute atomic E-state index is 0.0420. The highest BCUT2D eigenvalue weighted by Crippen LogP contribution is 2.43. The zero-order valence-electron chi connectivity index (χ0n) is 37.6. The minimum atomic E-state index is -4.58. The molecule has 16 nitrogen and oxygen atoms in total. The van der Waals surface area contributed by atoms with Gasteiger partial charge < -0.3 is 29.4 Å². The number of amides is 1. The number of carbonyl (C=O) groups is 1. The van der Waals surface area contributed by atoms with E-state index in [1.165, 1.54) is 35.0 Å². The molecule has 2 aliphatic heterocycles. The fourth-order valence-electron chi connectivity index (χ4n) is 8.98. The van der Waals surface area contributed by atoms with Gasteiger partial charge in [0.15, 0.2) is 0 Å². The molecular weight excluding hydrogens is 884 g/mol. The predicted molar refractivity (Wildman–Crippen MR) is 256 cm³/mol. The lowest BCUT2D eigenvalue weighted by Gasteiger charge is -2.39. The number of H-pyrrole nitrogens is 1. The summed E-state index contributed by atoms with van der Waals surface area (Å²) in [6, 6.07) is 20.4. The molecule has 3 aromatic carbocycles. The molecule has 1 amide bonds.